The predicted molar refractivity (Wildman–Crippen MR) is 110 cm³/mol. The highest BCUT2D eigenvalue weighted by atomic mass is 15.3. The van der Waals surface area contributed by atoms with Crippen molar-refractivity contribution in [3.05, 3.63) is 18.5 Å². The highest BCUT2D eigenvalue weighted by molar-refractivity contribution is 5.79. The van der Waals surface area contributed by atoms with Crippen LogP contribution in [0.4, 0.5) is 5.95 Å². The molecule has 1 atom stereocenters. The van der Waals surface area contributed by atoms with Crippen LogP contribution in [0, 0.1) is 0 Å². The van der Waals surface area contributed by atoms with Gasteiger partial charge in [0.1, 0.15) is 0 Å². The van der Waals surface area contributed by atoms with E-state index in [-0.39, 0.29) is 0 Å². The summed E-state index contributed by atoms with van der Waals surface area (Å²) in [6.45, 7) is 11.6. The van der Waals surface area contributed by atoms with Gasteiger partial charge in [-0.2, -0.15) is 0 Å². The van der Waals surface area contributed by atoms with Gasteiger partial charge in [0, 0.05) is 71.3 Å². The second-order valence-electron chi connectivity index (χ2n) is 7.18. The first-order valence-corrected chi connectivity index (χ1v) is 10.2. The third-order valence-corrected chi connectivity index (χ3v) is 5.56. The number of aromatic nitrogens is 2. The molecule has 8 heteroatoms. The average molecular weight is 375 g/mol. The van der Waals surface area contributed by atoms with Crippen molar-refractivity contribution in [2.75, 3.05) is 70.9 Å². The smallest absolute Gasteiger partial charge is 0.225 e. The van der Waals surface area contributed by atoms with Crippen molar-refractivity contribution < 1.29 is 0 Å². The second kappa shape index (κ2) is 10.4. The Bertz CT molecular complexity index is 570. The third kappa shape index (κ3) is 5.77. The molecule has 1 unspecified atom stereocenters. The molecular weight excluding hydrogens is 340 g/mol. The van der Waals surface area contributed by atoms with E-state index in [1.54, 1.807) is 0 Å². The van der Waals surface area contributed by atoms with E-state index in [1.807, 2.05) is 25.5 Å². The summed E-state index contributed by atoms with van der Waals surface area (Å²) in [4.78, 5) is 20.3. The van der Waals surface area contributed by atoms with E-state index >= 15 is 0 Å². The van der Waals surface area contributed by atoms with E-state index in [2.05, 4.69) is 47.2 Å². The molecule has 150 valence electrons. The summed E-state index contributed by atoms with van der Waals surface area (Å²) in [7, 11) is 1.85. The molecule has 0 spiro atoms. The summed E-state index contributed by atoms with van der Waals surface area (Å²) in [6.07, 6.45) is 6.21. The lowest BCUT2D eigenvalue weighted by atomic mass is 10.2. The van der Waals surface area contributed by atoms with Gasteiger partial charge in [-0.05, 0) is 32.0 Å². The van der Waals surface area contributed by atoms with Gasteiger partial charge in [-0.1, -0.05) is 6.92 Å². The minimum atomic E-state index is 0.641. The fraction of sp³-hybridized carbons (Fsp3) is 0.737. The molecule has 0 saturated carbocycles. The van der Waals surface area contributed by atoms with Gasteiger partial charge in [0.2, 0.25) is 5.95 Å². The summed E-state index contributed by atoms with van der Waals surface area (Å²) in [5.74, 6) is 1.75. The number of nitrogens with zero attached hydrogens (tertiary/aromatic N) is 6. The number of anilines is 1. The molecule has 0 aliphatic carbocycles. The van der Waals surface area contributed by atoms with Crippen molar-refractivity contribution in [2.24, 2.45) is 4.99 Å². The van der Waals surface area contributed by atoms with Gasteiger partial charge in [-0.25, -0.2) is 9.97 Å². The van der Waals surface area contributed by atoms with Crippen LogP contribution in [0.25, 0.3) is 0 Å². The number of hydrogen-bond acceptors (Lipinski definition) is 6. The Morgan fingerprint density at radius 3 is 2.63 bits per heavy atom. The van der Waals surface area contributed by atoms with E-state index in [9.17, 15) is 0 Å². The zero-order valence-corrected chi connectivity index (χ0v) is 16.8. The van der Waals surface area contributed by atoms with Crippen LogP contribution in [0.5, 0.6) is 0 Å². The molecule has 1 aromatic rings. The summed E-state index contributed by atoms with van der Waals surface area (Å²) < 4.78 is 0. The SMILES string of the molecule is CCN1CCCC1CNC(=NC)NCCN1CCN(c2ncccn2)CC1. The summed E-state index contributed by atoms with van der Waals surface area (Å²) >= 11 is 0. The molecule has 3 heterocycles. The Kier molecular flexibility index (Phi) is 7.65. The zero-order valence-electron chi connectivity index (χ0n) is 16.8. The first-order valence-electron chi connectivity index (χ1n) is 10.2. The lowest BCUT2D eigenvalue weighted by molar-refractivity contribution is 0.259. The molecule has 1 aromatic heterocycles. The Hall–Kier alpha value is -1.93. The largest absolute Gasteiger partial charge is 0.355 e. The van der Waals surface area contributed by atoms with Crippen molar-refractivity contribution in [1.82, 2.24) is 30.4 Å². The van der Waals surface area contributed by atoms with Crippen molar-refractivity contribution in [3.8, 4) is 0 Å². The molecule has 8 nitrogen and oxygen atoms in total. The molecule has 27 heavy (non-hydrogen) atoms. The van der Waals surface area contributed by atoms with Gasteiger partial charge in [0.25, 0.3) is 0 Å². The highest BCUT2D eigenvalue weighted by Crippen LogP contribution is 2.15. The van der Waals surface area contributed by atoms with Crippen LogP contribution in [0.3, 0.4) is 0 Å². The maximum atomic E-state index is 4.37. The summed E-state index contributed by atoms with van der Waals surface area (Å²) in [5.41, 5.74) is 0. The van der Waals surface area contributed by atoms with Crippen LogP contribution in [-0.4, -0.2) is 97.7 Å². The van der Waals surface area contributed by atoms with Gasteiger partial charge in [0.05, 0.1) is 0 Å². The molecule has 2 aliphatic rings. The number of likely N-dealkylation sites (N-methyl/N-ethyl adjacent to an activating group) is 1. The number of likely N-dealkylation sites (tertiary alicyclic amines) is 1. The molecule has 2 saturated heterocycles. The van der Waals surface area contributed by atoms with Crippen LogP contribution >= 0.6 is 0 Å². The standard InChI is InChI=1S/C19H34N8/c1-3-26-10-4-6-17(26)16-24-18(20-2)21-9-11-25-12-14-27(15-13-25)19-22-7-5-8-23-19/h5,7-8,17H,3-4,6,9-16H2,1-2H3,(H2,20,21,24). The zero-order chi connectivity index (χ0) is 18.9. The summed E-state index contributed by atoms with van der Waals surface area (Å²) in [5, 5.41) is 6.95. The van der Waals surface area contributed by atoms with Gasteiger partial charge >= 0.3 is 0 Å². The average Bonchev–Trinajstić information content (AvgIpc) is 3.19. The van der Waals surface area contributed by atoms with Crippen molar-refractivity contribution >= 4 is 11.9 Å². The molecule has 3 rings (SSSR count). The molecule has 2 aliphatic heterocycles. The van der Waals surface area contributed by atoms with E-state index in [4.69, 9.17) is 0 Å². The van der Waals surface area contributed by atoms with E-state index in [1.165, 1.54) is 19.4 Å². The summed E-state index contributed by atoms with van der Waals surface area (Å²) in [6, 6.07) is 2.50. The van der Waals surface area contributed by atoms with E-state index < -0.39 is 0 Å². The molecule has 0 aromatic carbocycles. The van der Waals surface area contributed by atoms with Gasteiger partial charge in [-0.15, -0.1) is 0 Å². The minimum Gasteiger partial charge on any atom is -0.355 e. The van der Waals surface area contributed by atoms with Crippen LogP contribution in [0.2, 0.25) is 0 Å². The molecule has 0 bridgehead atoms. The Morgan fingerprint density at radius 1 is 1.15 bits per heavy atom. The minimum absolute atomic E-state index is 0.641. The quantitative estimate of drug-likeness (QED) is 0.523. The van der Waals surface area contributed by atoms with Crippen LogP contribution in [0.1, 0.15) is 19.8 Å². The lowest BCUT2D eigenvalue weighted by Crippen LogP contribution is -2.50. The lowest BCUT2D eigenvalue weighted by Gasteiger charge is -2.34. The molecule has 0 radical (unpaired) electrons. The van der Waals surface area contributed by atoms with Gasteiger partial charge in [-0.3, -0.25) is 14.8 Å². The first kappa shape index (κ1) is 19.8. The third-order valence-electron chi connectivity index (χ3n) is 5.56. The number of hydrogen-bond donors (Lipinski definition) is 2. The first-order chi connectivity index (χ1) is 13.3. The molecule has 2 fully saturated rings. The molecular formula is C19H34N8. The number of piperazine rings is 1. The van der Waals surface area contributed by atoms with Gasteiger partial charge < -0.3 is 15.5 Å². The second-order valence-corrected chi connectivity index (χ2v) is 7.18. The monoisotopic (exact) mass is 374 g/mol. The maximum absolute atomic E-state index is 4.37. The number of rotatable bonds is 7. The predicted octanol–water partition coefficient (Wildman–Crippen LogP) is 0.248. The van der Waals surface area contributed by atoms with Crippen molar-refractivity contribution in [2.45, 2.75) is 25.8 Å². The highest BCUT2D eigenvalue weighted by Gasteiger charge is 2.23. The Morgan fingerprint density at radius 2 is 1.93 bits per heavy atom. The molecule has 2 N–H and O–H groups in total. The topological polar surface area (TPSA) is 71.9 Å². The fourth-order valence-electron chi connectivity index (χ4n) is 3.94. The van der Waals surface area contributed by atoms with E-state index in [0.29, 0.717) is 6.04 Å². The number of nitrogens with one attached hydrogen (secondary N) is 2. The maximum Gasteiger partial charge on any atom is 0.225 e. The van der Waals surface area contributed by atoms with Crippen LogP contribution < -0.4 is 15.5 Å². The van der Waals surface area contributed by atoms with E-state index in [0.717, 1.165) is 64.3 Å². The Labute approximate surface area is 163 Å². The van der Waals surface area contributed by atoms with Gasteiger partial charge in [0.15, 0.2) is 5.96 Å². The Balaban J connectivity index is 1.32. The van der Waals surface area contributed by atoms with Crippen LogP contribution in [0.15, 0.2) is 23.5 Å². The molecule has 0 amide bonds. The van der Waals surface area contributed by atoms with Crippen LogP contribution in [-0.2, 0) is 0 Å². The van der Waals surface area contributed by atoms with Crippen molar-refractivity contribution in [3.63, 3.8) is 0 Å². The number of guanidine groups is 1. The van der Waals surface area contributed by atoms with Crippen molar-refractivity contribution in [1.29, 1.82) is 0 Å². The normalized spacial score (nSPS) is 22.2. The fourth-order valence-corrected chi connectivity index (χ4v) is 3.94. The number of aliphatic imine (C=N–C) groups is 1.